The first-order valence-electron chi connectivity index (χ1n) is 6.08. The van der Waals surface area contributed by atoms with Crippen LogP contribution in [0.3, 0.4) is 0 Å². The predicted octanol–water partition coefficient (Wildman–Crippen LogP) is 1.71. The highest BCUT2D eigenvalue weighted by molar-refractivity contribution is 5.77. The van der Waals surface area contributed by atoms with Gasteiger partial charge in [0, 0.05) is 6.54 Å². The summed E-state index contributed by atoms with van der Waals surface area (Å²) >= 11 is 0. The first-order valence-corrected chi connectivity index (χ1v) is 6.08. The van der Waals surface area contributed by atoms with Gasteiger partial charge in [0.25, 0.3) is 5.91 Å². The van der Waals surface area contributed by atoms with Gasteiger partial charge in [0.2, 0.25) is 0 Å². The number of nitriles is 1. The third-order valence-corrected chi connectivity index (χ3v) is 3.19. The highest BCUT2D eigenvalue weighted by atomic mass is 16.5. The number of carbonyl (C=O) groups is 1. The lowest BCUT2D eigenvalue weighted by atomic mass is 10.2. The van der Waals surface area contributed by atoms with Gasteiger partial charge in [0.05, 0.1) is 11.6 Å². The van der Waals surface area contributed by atoms with Gasteiger partial charge in [0.1, 0.15) is 5.75 Å². The Bertz CT molecular complexity index is 462. The molecule has 0 radical (unpaired) electrons. The summed E-state index contributed by atoms with van der Waals surface area (Å²) in [6.07, 6.45) is 1.21. The van der Waals surface area contributed by atoms with E-state index in [1.807, 2.05) is 6.07 Å². The normalized spacial score (nSPS) is 20.9. The molecule has 1 aliphatic carbocycles. The van der Waals surface area contributed by atoms with Crippen LogP contribution in [0.1, 0.15) is 18.9 Å². The molecule has 1 N–H and O–H groups in total. The standard InChI is InChI=1S/C14H16N2O2/c1-10-6-12(10)8-16-14(17)9-18-13-4-2-11(7-15)3-5-13/h2-5,10,12H,6,8-9H2,1H3,(H,16,17). The Kier molecular flexibility index (Phi) is 3.83. The van der Waals surface area contributed by atoms with Gasteiger partial charge in [-0.2, -0.15) is 5.26 Å². The highest BCUT2D eigenvalue weighted by Crippen LogP contribution is 2.36. The van der Waals surface area contributed by atoms with E-state index in [0.717, 1.165) is 12.5 Å². The maximum Gasteiger partial charge on any atom is 0.257 e. The van der Waals surface area contributed by atoms with Crippen molar-refractivity contribution in [2.75, 3.05) is 13.2 Å². The van der Waals surface area contributed by atoms with Crippen molar-refractivity contribution >= 4 is 5.91 Å². The molecular formula is C14H16N2O2. The molecule has 1 aliphatic rings. The van der Waals surface area contributed by atoms with E-state index in [1.165, 1.54) is 6.42 Å². The maximum atomic E-state index is 11.5. The molecule has 0 spiro atoms. The number of rotatable bonds is 5. The monoisotopic (exact) mass is 244 g/mol. The van der Waals surface area contributed by atoms with E-state index in [2.05, 4.69) is 12.2 Å². The minimum atomic E-state index is -0.0986. The van der Waals surface area contributed by atoms with Crippen molar-refractivity contribution in [3.8, 4) is 11.8 Å². The number of benzene rings is 1. The lowest BCUT2D eigenvalue weighted by Crippen LogP contribution is -2.30. The predicted molar refractivity (Wildman–Crippen MR) is 66.9 cm³/mol. The zero-order chi connectivity index (χ0) is 13.0. The number of hydrogen-bond acceptors (Lipinski definition) is 3. The van der Waals surface area contributed by atoms with Gasteiger partial charge < -0.3 is 10.1 Å². The molecule has 0 saturated heterocycles. The van der Waals surface area contributed by atoms with Crippen molar-refractivity contribution in [1.82, 2.24) is 5.32 Å². The molecule has 1 fully saturated rings. The molecule has 2 unspecified atom stereocenters. The summed E-state index contributed by atoms with van der Waals surface area (Å²) in [5, 5.41) is 11.5. The Balaban J connectivity index is 1.69. The average Bonchev–Trinajstić information content (AvgIpc) is 3.10. The molecule has 1 aromatic carbocycles. The molecule has 0 heterocycles. The van der Waals surface area contributed by atoms with Crippen LogP contribution in [-0.4, -0.2) is 19.1 Å². The minimum absolute atomic E-state index is 0.0208. The average molecular weight is 244 g/mol. The molecule has 1 amide bonds. The second-order valence-electron chi connectivity index (χ2n) is 4.70. The van der Waals surface area contributed by atoms with Crippen LogP contribution in [0, 0.1) is 23.2 Å². The number of nitrogens with one attached hydrogen (secondary N) is 1. The molecule has 0 bridgehead atoms. The largest absolute Gasteiger partial charge is 0.484 e. The van der Waals surface area contributed by atoms with E-state index in [1.54, 1.807) is 24.3 Å². The summed E-state index contributed by atoms with van der Waals surface area (Å²) in [6, 6.07) is 8.74. The van der Waals surface area contributed by atoms with Crippen LogP contribution in [0.5, 0.6) is 5.75 Å². The third-order valence-electron chi connectivity index (χ3n) is 3.19. The Morgan fingerprint density at radius 2 is 2.17 bits per heavy atom. The van der Waals surface area contributed by atoms with Crippen LogP contribution in [0.4, 0.5) is 0 Å². The van der Waals surface area contributed by atoms with Gasteiger partial charge in [-0.1, -0.05) is 6.92 Å². The molecule has 18 heavy (non-hydrogen) atoms. The zero-order valence-corrected chi connectivity index (χ0v) is 10.3. The SMILES string of the molecule is CC1CC1CNC(=O)COc1ccc(C#N)cc1. The summed E-state index contributed by atoms with van der Waals surface area (Å²) < 4.78 is 5.33. The number of hydrogen-bond donors (Lipinski definition) is 1. The van der Waals surface area contributed by atoms with E-state index in [4.69, 9.17) is 10.00 Å². The second-order valence-corrected chi connectivity index (χ2v) is 4.70. The smallest absolute Gasteiger partial charge is 0.257 e. The van der Waals surface area contributed by atoms with Crippen molar-refractivity contribution in [3.05, 3.63) is 29.8 Å². The number of nitrogens with zero attached hydrogens (tertiary/aromatic N) is 1. The fourth-order valence-electron chi connectivity index (χ4n) is 1.75. The van der Waals surface area contributed by atoms with E-state index in [0.29, 0.717) is 17.2 Å². The Hall–Kier alpha value is -2.02. The van der Waals surface area contributed by atoms with Crippen LogP contribution >= 0.6 is 0 Å². The molecule has 4 nitrogen and oxygen atoms in total. The third kappa shape index (κ3) is 3.49. The van der Waals surface area contributed by atoms with Gasteiger partial charge in [-0.15, -0.1) is 0 Å². The quantitative estimate of drug-likeness (QED) is 0.857. The molecular weight excluding hydrogens is 228 g/mol. The maximum absolute atomic E-state index is 11.5. The van der Waals surface area contributed by atoms with Crippen molar-refractivity contribution in [2.24, 2.45) is 11.8 Å². The minimum Gasteiger partial charge on any atom is -0.484 e. The molecule has 1 saturated carbocycles. The van der Waals surface area contributed by atoms with E-state index in [-0.39, 0.29) is 12.5 Å². The summed E-state index contributed by atoms with van der Waals surface area (Å²) in [5.74, 6) is 1.89. The van der Waals surface area contributed by atoms with Gasteiger partial charge in [0.15, 0.2) is 6.61 Å². The molecule has 0 aromatic heterocycles. The molecule has 2 atom stereocenters. The van der Waals surface area contributed by atoms with Gasteiger partial charge in [-0.3, -0.25) is 4.79 Å². The molecule has 1 aromatic rings. The highest BCUT2D eigenvalue weighted by Gasteiger charge is 2.32. The molecule has 2 rings (SSSR count). The Labute approximate surface area is 107 Å². The van der Waals surface area contributed by atoms with Crippen molar-refractivity contribution in [1.29, 1.82) is 5.26 Å². The van der Waals surface area contributed by atoms with Crippen molar-refractivity contribution in [3.63, 3.8) is 0 Å². The molecule has 0 aliphatic heterocycles. The summed E-state index contributed by atoms with van der Waals surface area (Å²) in [7, 11) is 0. The van der Waals surface area contributed by atoms with Crippen LogP contribution < -0.4 is 10.1 Å². The fourth-order valence-corrected chi connectivity index (χ4v) is 1.75. The van der Waals surface area contributed by atoms with Crippen LogP contribution in [0.15, 0.2) is 24.3 Å². The van der Waals surface area contributed by atoms with Crippen LogP contribution in [0.2, 0.25) is 0 Å². The van der Waals surface area contributed by atoms with Crippen LogP contribution in [0.25, 0.3) is 0 Å². The number of ether oxygens (including phenoxy) is 1. The van der Waals surface area contributed by atoms with E-state index < -0.39 is 0 Å². The summed E-state index contributed by atoms with van der Waals surface area (Å²) in [6.45, 7) is 2.95. The Morgan fingerprint density at radius 1 is 1.50 bits per heavy atom. The van der Waals surface area contributed by atoms with E-state index in [9.17, 15) is 4.79 Å². The molecule has 94 valence electrons. The topological polar surface area (TPSA) is 62.1 Å². The van der Waals surface area contributed by atoms with Gasteiger partial charge in [-0.25, -0.2) is 0 Å². The first kappa shape index (κ1) is 12.4. The first-order chi connectivity index (χ1) is 8.69. The Morgan fingerprint density at radius 3 is 2.72 bits per heavy atom. The zero-order valence-electron chi connectivity index (χ0n) is 10.3. The number of amides is 1. The van der Waals surface area contributed by atoms with Crippen molar-refractivity contribution in [2.45, 2.75) is 13.3 Å². The van der Waals surface area contributed by atoms with Gasteiger partial charge >= 0.3 is 0 Å². The van der Waals surface area contributed by atoms with E-state index >= 15 is 0 Å². The summed E-state index contributed by atoms with van der Waals surface area (Å²) in [4.78, 5) is 11.5. The molecule has 4 heteroatoms. The lowest BCUT2D eigenvalue weighted by molar-refractivity contribution is -0.123. The second kappa shape index (κ2) is 5.54. The summed E-state index contributed by atoms with van der Waals surface area (Å²) in [5.41, 5.74) is 0.578. The number of carbonyl (C=O) groups excluding carboxylic acids is 1. The van der Waals surface area contributed by atoms with Crippen LogP contribution in [-0.2, 0) is 4.79 Å². The van der Waals surface area contributed by atoms with Crippen molar-refractivity contribution < 1.29 is 9.53 Å². The fraction of sp³-hybridized carbons (Fsp3) is 0.429. The van der Waals surface area contributed by atoms with Gasteiger partial charge in [-0.05, 0) is 42.5 Å². The lowest BCUT2D eigenvalue weighted by Gasteiger charge is -2.07.